The molecule has 0 radical (unpaired) electrons. The summed E-state index contributed by atoms with van der Waals surface area (Å²) in [6, 6.07) is 12.1. The van der Waals surface area contributed by atoms with Crippen LogP contribution in [0.4, 0.5) is 4.39 Å². The second-order valence-electron chi connectivity index (χ2n) is 4.09. The van der Waals surface area contributed by atoms with Crippen LogP contribution < -0.4 is 0 Å². The number of Topliss-reactive ketones (excluding diaryl/α,β-unsaturated/α-hetero) is 1. The van der Waals surface area contributed by atoms with Gasteiger partial charge in [0.1, 0.15) is 5.82 Å². The Hall–Kier alpha value is -1.96. The van der Waals surface area contributed by atoms with Gasteiger partial charge in [0.25, 0.3) is 0 Å². The van der Waals surface area contributed by atoms with E-state index in [2.05, 4.69) is 0 Å². The molecule has 0 saturated carbocycles. The highest BCUT2D eigenvalue weighted by Crippen LogP contribution is 2.24. The molecule has 0 fully saturated rings. The van der Waals surface area contributed by atoms with E-state index in [1.54, 1.807) is 18.2 Å². The number of hydrogen-bond acceptors (Lipinski definition) is 1. The summed E-state index contributed by atoms with van der Waals surface area (Å²) >= 11 is 0. The van der Waals surface area contributed by atoms with Gasteiger partial charge in [0, 0.05) is 5.56 Å². The monoisotopic (exact) mass is 228 g/mol. The molecule has 2 aromatic carbocycles. The van der Waals surface area contributed by atoms with Crippen molar-refractivity contribution in [2.75, 3.05) is 0 Å². The van der Waals surface area contributed by atoms with E-state index >= 15 is 0 Å². The van der Waals surface area contributed by atoms with Crippen LogP contribution in [0.5, 0.6) is 0 Å². The summed E-state index contributed by atoms with van der Waals surface area (Å²) in [5.74, 6) is -0.181. The van der Waals surface area contributed by atoms with Crippen molar-refractivity contribution in [3.05, 3.63) is 59.4 Å². The van der Waals surface area contributed by atoms with Gasteiger partial charge in [-0.15, -0.1) is 0 Å². The zero-order chi connectivity index (χ0) is 12.4. The predicted octanol–water partition coefficient (Wildman–Crippen LogP) is 4.00. The van der Waals surface area contributed by atoms with Gasteiger partial charge in [-0.2, -0.15) is 0 Å². The average molecular weight is 228 g/mol. The topological polar surface area (TPSA) is 17.1 Å². The molecule has 17 heavy (non-hydrogen) atoms. The third kappa shape index (κ3) is 2.41. The van der Waals surface area contributed by atoms with Gasteiger partial charge in [0.15, 0.2) is 5.78 Å². The number of aryl methyl sites for hydroxylation is 1. The summed E-state index contributed by atoms with van der Waals surface area (Å²) in [5.41, 5.74) is 3.56. The molecule has 2 rings (SSSR count). The maximum atomic E-state index is 13.0. The van der Waals surface area contributed by atoms with Crippen LogP contribution in [0.25, 0.3) is 11.1 Å². The fourth-order valence-corrected chi connectivity index (χ4v) is 1.84. The first-order chi connectivity index (χ1) is 8.08. The van der Waals surface area contributed by atoms with Gasteiger partial charge >= 0.3 is 0 Å². The molecule has 0 spiro atoms. The van der Waals surface area contributed by atoms with E-state index < -0.39 is 0 Å². The van der Waals surface area contributed by atoms with Crippen molar-refractivity contribution < 1.29 is 9.18 Å². The minimum absolute atomic E-state index is 0.0485. The van der Waals surface area contributed by atoms with Crippen LogP contribution in [0, 0.1) is 12.7 Å². The second-order valence-corrected chi connectivity index (χ2v) is 4.09. The van der Waals surface area contributed by atoms with Gasteiger partial charge in [-0.25, -0.2) is 4.39 Å². The highest BCUT2D eigenvalue weighted by Gasteiger charge is 2.04. The molecule has 0 amide bonds. The van der Waals surface area contributed by atoms with E-state index in [0.717, 1.165) is 16.7 Å². The minimum Gasteiger partial charge on any atom is -0.295 e. The molecule has 86 valence electrons. The van der Waals surface area contributed by atoms with Gasteiger partial charge in [0.2, 0.25) is 0 Å². The molecule has 0 aliphatic carbocycles. The van der Waals surface area contributed by atoms with Gasteiger partial charge in [0.05, 0.1) is 0 Å². The molecule has 0 unspecified atom stereocenters. The Morgan fingerprint density at radius 3 is 2.24 bits per heavy atom. The van der Waals surface area contributed by atoms with Crippen LogP contribution in [0.15, 0.2) is 42.5 Å². The largest absolute Gasteiger partial charge is 0.295 e. The fraction of sp³-hybridized carbons (Fsp3) is 0.133. The number of carbonyl (C=O) groups is 1. The highest BCUT2D eigenvalue weighted by molar-refractivity contribution is 5.94. The molecule has 0 aromatic heterocycles. The van der Waals surface area contributed by atoms with Crippen molar-refractivity contribution in [3.63, 3.8) is 0 Å². The van der Waals surface area contributed by atoms with Gasteiger partial charge < -0.3 is 0 Å². The van der Waals surface area contributed by atoms with E-state index in [0.29, 0.717) is 5.56 Å². The summed E-state index contributed by atoms with van der Waals surface area (Å²) in [5, 5.41) is 0. The molecule has 0 saturated heterocycles. The van der Waals surface area contributed by atoms with Crippen LogP contribution in [-0.4, -0.2) is 5.78 Å². The van der Waals surface area contributed by atoms with Crippen molar-refractivity contribution >= 4 is 5.78 Å². The number of hydrogen-bond donors (Lipinski definition) is 0. The SMILES string of the molecule is CC(=O)c1ccc(-c2ccc(F)cc2C)cc1. The summed E-state index contributed by atoms with van der Waals surface area (Å²) < 4.78 is 13.0. The Kier molecular flexibility index (Phi) is 3.05. The van der Waals surface area contributed by atoms with Crippen molar-refractivity contribution in [1.29, 1.82) is 0 Å². The van der Waals surface area contributed by atoms with Crippen LogP contribution >= 0.6 is 0 Å². The molecule has 0 heterocycles. The molecule has 0 N–H and O–H groups in total. The first-order valence-electron chi connectivity index (χ1n) is 5.45. The lowest BCUT2D eigenvalue weighted by molar-refractivity contribution is 0.101. The number of ketones is 1. The normalized spacial score (nSPS) is 10.3. The van der Waals surface area contributed by atoms with Crippen LogP contribution in [0.3, 0.4) is 0 Å². The van der Waals surface area contributed by atoms with E-state index in [4.69, 9.17) is 0 Å². The zero-order valence-electron chi connectivity index (χ0n) is 9.83. The lowest BCUT2D eigenvalue weighted by Crippen LogP contribution is -1.91. The Labute approximate surface area is 99.9 Å². The predicted molar refractivity (Wildman–Crippen MR) is 66.6 cm³/mol. The van der Waals surface area contributed by atoms with Crippen molar-refractivity contribution in [2.24, 2.45) is 0 Å². The van der Waals surface area contributed by atoms with E-state index in [9.17, 15) is 9.18 Å². The van der Waals surface area contributed by atoms with Crippen molar-refractivity contribution in [1.82, 2.24) is 0 Å². The molecule has 1 nitrogen and oxygen atoms in total. The Bertz CT molecular complexity index is 556. The maximum Gasteiger partial charge on any atom is 0.159 e. The van der Waals surface area contributed by atoms with Gasteiger partial charge in [-0.05, 0) is 42.7 Å². The first kappa shape index (κ1) is 11.5. The van der Waals surface area contributed by atoms with Crippen molar-refractivity contribution in [3.8, 4) is 11.1 Å². The van der Waals surface area contributed by atoms with Gasteiger partial charge in [-0.1, -0.05) is 30.3 Å². The molecular formula is C15H13FO. The molecule has 0 aliphatic heterocycles. The van der Waals surface area contributed by atoms with Gasteiger partial charge in [-0.3, -0.25) is 4.79 Å². The van der Waals surface area contributed by atoms with Crippen LogP contribution in [-0.2, 0) is 0 Å². The summed E-state index contributed by atoms with van der Waals surface area (Å²) in [7, 11) is 0. The van der Waals surface area contributed by atoms with E-state index in [1.807, 2.05) is 19.1 Å². The maximum absolute atomic E-state index is 13.0. The molecule has 0 aliphatic rings. The van der Waals surface area contributed by atoms with E-state index in [-0.39, 0.29) is 11.6 Å². The molecule has 0 atom stereocenters. The molecule has 0 bridgehead atoms. The van der Waals surface area contributed by atoms with Crippen LogP contribution in [0.2, 0.25) is 0 Å². The Morgan fingerprint density at radius 1 is 1.06 bits per heavy atom. The third-order valence-corrected chi connectivity index (χ3v) is 2.79. The number of carbonyl (C=O) groups excluding carboxylic acids is 1. The smallest absolute Gasteiger partial charge is 0.159 e. The first-order valence-corrected chi connectivity index (χ1v) is 5.45. The minimum atomic E-state index is -0.230. The molecule has 2 heteroatoms. The average Bonchev–Trinajstić information content (AvgIpc) is 2.29. The zero-order valence-corrected chi connectivity index (χ0v) is 9.83. The number of benzene rings is 2. The summed E-state index contributed by atoms with van der Waals surface area (Å²) in [6.07, 6.45) is 0. The number of halogens is 1. The van der Waals surface area contributed by atoms with Crippen molar-refractivity contribution in [2.45, 2.75) is 13.8 Å². The molecular weight excluding hydrogens is 215 g/mol. The van der Waals surface area contributed by atoms with E-state index in [1.165, 1.54) is 19.1 Å². The fourth-order valence-electron chi connectivity index (χ4n) is 1.84. The summed E-state index contributed by atoms with van der Waals surface area (Å²) in [6.45, 7) is 3.41. The quantitative estimate of drug-likeness (QED) is 0.710. The lowest BCUT2D eigenvalue weighted by atomic mass is 9.99. The standard InChI is InChI=1S/C15H13FO/c1-10-9-14(16)7-8-15(10)13-5-3-12(4-6-13)11(2)17/h3-9H,1-2H3. The third-order valence-electron chi connectivity index (χ3n) is 2.79. The Morgan fingerprint density at radius 2 is 1.71 bits per heavy atom. The summed E-state index contributed by atoms with van der Waals surface area (Å²) in [4.78, 5) is 11.2. The van der Waals surface area contributed by atoms with Crippen LogP contribution in [0.1, 0.15) is 22.8 Å². The molecule has 2 aromatic rings. The highest BCUT2D eigenvalue weighted by atomic mass is 19.1. The lowest BCUT2D eigenvalue weighted by Gasteiger charge is -2.06. The number of rotatable bonds is 2. The second kappa shape index (κ2) is 4.50. The Balaban J connectivity index is 2.43.